The third kappa shape index (κ3) is 4.28. The molecule has 0 saturated carbocycles. The topological polar surface area (TPSA) is 48.4 Å². The fourth-order valence-electron chi connectivity index (χ4n) is 1.39. The van der Waals surface area contributed by atoms with Crippen LogP contribution in [-0.2, 0) is 9.47 Å². The molecule has 0 aliphatic carbocycles. The zero-order chi connectivity index (χ0) is 12.0. The van der Waals surface area contributed by atoms with Crippen LogP contribution in [0.5, 0.6) is 0 Å². The van der Waals surface area contributed by atoms with Crippen LogP contribution in [0.1, 0.15) is 30.8 Å². The van der Waals surface area contributed by atoms with Gasteiger partial charge in [0.2, 0.25) is 0 Å². The molecular formula is C11H17NO3S. The average Bonchev–Trinajstić information content (AvgIpc) is 2.69. The summed E-state index contributed by atoms with van der Waals surface area (Å²) < 4.78 is 10.4. The van der Waals surface area contributed by atoms with Gasteiger partial charge in [-0.25, -0.2) is 9.78 Å². The standard InChI is InChI=1S/C11H17NO3S/c1-8(2)4-9(5-14-3)15-11(13)10-6-16-7-12-10/h6-9H,4-5H2,1-3H3. The molecule has 0 fully saturated rings. The number of nitrogens with zero attached hydrogens (tertiary/aromatic N) is 1. The number of rotatable bonds is 6. The van der Waals surface area contributed by atoms with Gasteiger partial charge in [0.25, 0.3) is 0 Å². The maximum Gasteiger partial charge on any atom is 0.358 e. The van der Waals surface area contributed by atoms with Crippen LogP contribution in [0.2, 0.25) is 0 Å². The molecule has 1 unspecified atom stereocenters. The van der Waals surface area contributed by atoms with Gasteiger partial charge in [-0.2, -0.15) is 0 Å². The maximum absolute atomic E-state index is 11.6. The van der Waals surface area contributed by atoms with E-state index in [2.05, 4.69) is 18.8 Å². The van der Waals surface area contributed by atoms with Gasteiger partial charge in [0.1, 0.15) is 6.10 Å². The van der Waals surface area contributed by atoms with Crippen LogP contribution in [-0.4, -0.2) is 30.8 Å². The van der Waals surface area contributed by atoms with Crippen molar-refractivity contribution >= 4 is 17.3 Å². The predicted molar refractivity (Wildman–Crippen MR) is 62.6 cm³/mol. The lowest BCUT2D eigenvalue weighted by Crippen LogP contribution is -2.25. The molecule has 0 aromatic carbocycles. The summed E-state index contributed by atoms with van der Waals surface area (Å²) in [6, 6.07) is 0. The number of hydrogen-bond acceptors (Lipinski definition) is 5. The highest BCUT2D eigenvalue weighted by Crippen LogP contribution is 2.12. The van der Waals surface area contributed by atoms with Gasteiger partial charge < -0.3 is 9.47 Å². The number of carbonyl (C=O) groups is 1. The lowest BCUT2D eigenvalue weighted by atomic mass is 10.1. The van der Waals surface area contributed by atoms with Crippen LogP contribution >= 0.6 is 11.3 Å². The summed E-state index contributed by atoms with van der Waals surface area (Å²) in [5.41, 5.74) is 1.99. The van der Waals surface area contributed by atoms with E-state index in [0.717, 1.165) is 6.42 Å². The first-order valence-electron chi connectivity index (χ1n) is 5.21. The van der Waals surface area contributed by atoms with Gasteiger partial charge in [-0.15, -0.1) is 11.3 Å². The number of aromatic nitrogens is 1. The van der Waals surface area contributed by atoms with Gasteiger partial charge >= 0.3 is 5.97 Å². The highest BCUT2D eigenvalue weighted by molar-refractivity contribution is 7.07. The molecule has 0 amide bonds. The van der Waals surface area contributed by atoms with Crippen molar-refractivity contribution in [2.45, 2.75) is 26.4 Å². The number of esters is 1. The SMILES string of the molecule is COCC(CC(C)C)OC(=O)c1cscn1. The Labute approximate surface area is 99.6 Å². The summed E-state index contributed by atoms with van der Waals surface area (Å²) in [5.74, 6) is 0.0901. The summed E-state index contributed by atoms with van der Waals surface area (Å²) in [5, 5.41) is 1.68. The van der Waals surface area contributed by atoms with Crippen molar-refractivity contribution in [1.82, 2.24) is 4.98 Å². The number of carbonyl (C=O) groups excluding carboxylic acids is 1. The Morgan fingerprint density at radius 3 is 2.81 bits per heavy atom. The quantitative estimate of drug-likeness (QED) is 0.720. The van der Waals surface area contributed by atoms with E-state index in [1.54, 1.807) is 18.0 Å². The maximum atomic E-state index is 11.6. The predicted octanol–water partition coefficient (Wildman–Crippen LogP) is 2.36. The molecule has 0 radical (unpaired) electrons. The lowest BCUT2D eigenvalue weighted by Gasteiger charge is -2.18. The van der Waals surface area contributed by atoms with E-state index in [4.69, 9.17) is 9.47 Å². The van der Waals surface area contributed by atoms with Crippen LogP contribution in [0.15, 0.2) is 10.9 Å². The van der Waals surface area contributed by atoms with E-state index in [1.807, 2.05) is 0 Å². The van der Waals surface area contributed by atoms with E-state index in [1.165, 1.54) is 11.3 Å². The zero-order valence-electron chi connectivity index (χ0n) is 9.80. The van der Waals surface area contributed by atoms with Crippen LogP contribution in [0.3, 0.4) is 0 Å². The van der Waals surface area contributed by atoms with Gasteiger partial charge in [-0.05, 0) is 12.3 Å². The minimum atomic E-state index is -0.371. The van der Waals surface area contributed by atoms with Crippen molar-refractivity contribution in [3.63, 3.8) is 0 Å². The first-order chi connectivity index (χ1) is 7.63. The molecular weight excluding hydrogens is 226 g/mol. The summed E-state index contributed by atoms with van der Waals surface area (Å²) in [6.07, 6.45) is 0.600. The first kappa shape index (κ1) is 13.1. The normalized spacial score (nSPS) is 12.8. The van der Waals surface area contributed by atoms with E-state index in [0.29, 0.717) is 18.2 Å². The fraction of sp³-hybridized carbons (Fsp3) is 0.636. The third-order valence-electron chi connectivity index (χ3n) is 2.00. The molecule has 1 aromatic rings. The molecule has 1 atom stereocenters. The average molecular weight is 243 g/mol. The molecule has 0 bridgehead atoms. The molecule has 0 aliphatic heterocycles. The van der Waals surface area contributed by atoms with Crippen LogP contribution < -0.4 is 0 Å². The summed E-state index contributed by atoms with van der Waals surface area (Å²) in [4.78, 5) is 15.6. The van der Waals surface area contributed by atoms with Crippen molar-refractivity contribution < 1.29 is 14.3 Å². The van der Waals surface area contributed by atoms with Gasteiger partial charge in [0.05, 0.1) is 12.1 Å². The molecule has 0 aliphatic rings. The van der Waals surface area contributed by atoms with Crippen LogP contribution in [0.4, 0.5) is 0 Å². The Bertz CT molecular complexity index is 311. The Balaban J connectivity index is 2.51. The summed E-state index contributed by atoms with van der Waals surface area (Å²) >= 11 is 1.38. The minimum Gasteiger partial charge on any atom is -0.455 e. The number of ether oxygens (including phenoxy) is 2. The zero-order valence-corrected chi connectivity index (χ0v) is 10.6. The third-order valence-corrected chi connectivity index (χ3v) is 2.59. The van der Waals surface area contributed by atoms with Gasteiger partial charge in [0.15, 0.2) is 5.69 Å². The van der Waals surface area contributed by atoms with Crippen molar-refractivity contribution in [1.29, 1.82) is 0 Å². The summed E-state index contributed by atoms with van der Waals surface area (Å²) in [7, 11) is 1.60. The molecule has 0 saturated heterocycles. The second-order valence-electron chi connectivity index (χ2n) is 3.99. The van der Waals surface area contributed by atoms with Crippen molar-refractivity contribution in [2.75, 3.05) is 13.7 Å². The number of thiazole rings is 1. The van der Waals surface area contributed by atoms with Crippen LogP contribution in [0.25, 0.3) is 0 Å². The number of methoxy groups -OCH3 is 1. The van der Waals surface area contributed by atoms with Crippen molar-refractivity contribution in [2.24, 2.45) is 5.92 Å². The van der Waals surface area contributed by atoms with Crippen LogP contribution in [0, 0.1) is 5.92 Å². The second kappa shape index (κ2) is 6.60. The fourth-order valence-corrected chi connectivity index (χ4v) is 1.91. The van der Waals surface area contributed by atoms with E-state index in [9.17, 15) is 4.79 Å². The van der Waals surface area contributed by atoms with Gasteiger partial charge in [-0.3, -0.25) is 0 Å². The highest BCUT2D eigenvalue weighted by Gasteiger charge is 2.18. The molecule has 1 rings (SSSR count). The molecule has 90 valence electrons. The Morgan fingerprint density at radius 2 is 2.31 bits per heavy atom. The minimum absolute atomic E-state index is 0.195. The van der Waals surface area contributed by atoms with E-state index in [-0.39, 0.29) is 12.1 Å². The molecule has 16 heavy (non-hydrogen) atoms. The lowest BCUT2D eigenvalue weighted by molar-refractivity contribution is -0.00114. The summed E-state index contributed by atoms with van der Waals surface area (Å²) in [6.45, 7) is 4.59. The molecule has 0 spiro atoms. The van der Waals surface area contributed by atoms with Crippen molar-refractivity contribution in [3.8, 4) is 0 Å². The molecule has 4 nitrogen and oxygen atoms in total. The molecule has 1 heterocycles. The molecule has 1 aromatic heterocycles. The van der Waals surface area contributed by atoms with Gasteiger partial charge in [0, 0.05) is 12.5 Å². The van der Waals surface area contributed by atoms with Gasteiger partial charge in [-0.1, -0.05) is 13.8 Å². The smallest absolute Gasteiger partial charge is 0.358 e. The largest absolute Gasteiger partial charge is 0.455 e. The van der Waals surface area contributed by atoms with E-state index < -0.39 is 0 Å². The Hall–Kier alpha value is -0.940. The molecule has 5 heteroatoms. The van der Waals surface area contributed by atoms with E-state index >= 15 is 0 Å². The highest BCUT2D eigenvalue weighted by atomic mass is 32.1. The monoisotopic (exact) mass is 243 g/mol. The number of hydrogen-bond donors (Lipinski definition) is 0. The Morgan fingerprint density at radius 1 is 1.56 bits per heavy atom. The second-order valence-corrected chi connectivity index (χ2v) is 4.70. The first-order valence-corrected chi connectivity index (χ1v) is 6.16. The molecule has 0 N–H and O–H groups in total. The van der Waals surface area contributed by atoms with Crippen molar-refractivity contribution in [3.05, 3.63) is 16.6 Å². The Kier molecular flexibility index (Phi) is 5.42.